The maximum atomic E-state index is 13.8. The minimum atomic E-state index is -5.06. The van der Waals surface area contributed by atoms with Crippen molar-refractivity contribution >= 4 is 23.0 Å². The Labute approximate surface area is 190 Å². The molecule has 0 atom stereocenters. The number of ether oxygens (including phenoxy) is 1. The maximum Gasteiger partial charge on any atom is 0.573 e. The lowest BCUT2D eigenvalue weighted by Crippen LogP contribution is -2.45. The molecule has 11 heteroatoms. The Morgan fingerprint density at radius 1 is 1.00 bits per heavy atom. The van der Waals surface area contributed by atoms with Gasteiger partial charge in [0.1, 0.15) is 24.3 Å². The number of hydrogen-bond acceptors (Lipinski definition) is 5. The van der Waals surface area contributed by atoms with Crippen LogP contribution >= 0.6 is 0 Å². The number of aromatic amines is 1. The summed E-state index contributed by atoms with van der Waals surface area (Å²) in [6.07, 6.45) is -5.06. The molecule has 1 aliphatic rings. The molecule has 4 rings (SSSR count). The van der Waals surface area contributed by atoms with Crippen LogP contribution in [0.15, 0.2) is 47.3 Å². The summed E-state index contributed by atoms with van der Waals surface area (Å²) >= 11 is 0. The normalized spacial score (nSPS) is 13.5. The largest absolute Gasteiger partial charge is 0.573 e. The molecule has 0 spiro atoms. The fraction of sp³-hybridized carbons (Fsp3) is 0.174. The number of fused-ring (bicyclic) bond motifs is 1. The number of pyridine rings is 1. The molecular formula is C23H16F4N4O3. The van der Waals surface area contributed by atoms with Crippen LogP contribution in [0.2, 0.25) is 0 Å². The lowest BCUT2D eigenvalue weighted by atomic mass is 10.0. The minimum absolute atomic E-state index is 0.0521. The molecule has 174 valence electrons. The zero-order valence-corrected chi connectivity index (χ0v) is 17.8. The van der Waals surface area contributed by atoms with Crippen LogP contribution in [0, 0.1) is 31.0 Å². The SMILES string of the molecule is Cc1cc(F)ccc1N1CN(c2ccc(=O)[nH]c2C)C(=O)c2cc(C#N)c(OC(F)(F)F)cc21. The number of carbonyl (C=O) groups is 1. The Morgan fingerprint density at radius 3 is 2.32 bits per heavy atom. The van der Waals surface area contributed by atoms with Gasteiger partial charge in [-0.25, -0.2) is 4.39 Å². The Kier molecular flexibility index (Phi) is 5.53. The standard InChI is InChI=1S/C23H16F4N4O3/c1-12-7-15(24)3-4-17(12)30-11-31(18-5-6-21(32)29-13(18)2)22(33)16-8-14(10-28)20(9-19(16)30)34-23(25,26)27/h3-9H,11H2,1-2H3,(H,29,32). The lowest BCUT2D eigenvalue weighted by Gasteiger charge is -2.39. The van der Waals surface area contributed by atoms with Crippen molar-refractivity contribution in [1.29, 1.82) is 5.26 Å². The molecule has 0 radical (unpaired) electrons. The molecule has 1 aromatic heterocycles. The van der Waals surface area contributed by atoms with Crippen molar-refractivity contribution in [2.45, 2.75) is 20.2 Å². The average Bonchev–Trinajstić information content (AvgIpc) is 2.74. The maximum absolute atomic E-state index is 13.8. The van der Waals surface area contributed by atoms with Gasteiger partial charge in [-0.15, -0.1) is 13.2 Å². The molecule has 7 nitrogen and oxygen atoms in total. The van der Waals surface area contributed by atoms with Crippen molar-refractivity contribution in [3.63, 3.8) is 0 Å². The summed E-state index contributed by atoms with van der Waals surface area (Å²) in [6.45, 7) is 3.04. The third-order valence-electron chi connectivity index (χ3n) is 5.32. The monoisotopic (exact) mass is 472 g/mol. The number of H-pyrrole nitrogens is 1. The van der Waals surface area contributed by atoms with Crippen LogP contribution in [-0.4, -0.2) is 23.9 Å². The van der Waals surface area contributed by atoms with E-state index in [1.165, 1.54) is 40.1 Å². The fourth-order valence-corrected chi connectivity index (χ4v) is 3.86. The van der Waals surface area contributed by atoms with E-state index in [1.54, 1.807) is 19.9 Å². The van der Waals surface area contributed by atoms with Gasteiger partial charge in [-0.3, -0.25) is 14.5 Å². The second-order valence-corrected chi connectivity index (χ2v) is 7.59. The number of amides is 1. The van der Waals surface area contributed by atoms with E-state index >= 15 is 0 Å². The number of aromatic nitrogens is 1. The number of hydrogen-bond donors (Lipinski definition) is 1. The molecule has 0 saturated heterocycles. The van der Waals surface area contributed by atoms with E-state index < -0.39 is 29.4 Å². The first-order valence-electron chi connectivity index (χ1n) is 9.88. The van der Waals surface area contributed by atoms with E-state index in [2.05, 4.69) is 9.72 Å². The molecule has 0 aliphatic carbocycles. The molecule has 0 unspecified atom stereocenters. The lowest BCUT2D eigenvalue weighted by molar-refractivity contribution is -0.274. The number of aryl methyl sites for hydroxylation is 2. The Bertz CT molecular complexity index is 1410. The van der Waals surface area contributed by atoms with Gasteiger partial charge in [0, 0.05) is 23.5 Å². The highest BCUT2D eigenvalue weighted by Gasteiger charge is 2.37. The van der Waals surface area contributed by atoms with Crippen LogP contribution in [0.1, 0.15) is 27.2 Å². The Hall–Kier alpha value is -4.33. The van der Waals surface area contributed by atoms with Crippen molar-refractivity contribution in [3.8, 4) is 11.8 Å². The molecule has 0 saturated carbocycles. The van der Waals surface area contributed by atoms with Crippen molar-refractivity contribution in [2.24, 2.45) is 0 Å². The van der Waals surface area contributed by atoms with E-state index in [9.17, 15) is 32.4 Å². The molecule has 0 fully saturated rings. The van der Waals surface area contributed by atoms with Gasteiger partial charge < -0.3 is 14.6 Å². The number of anilines is 3. The Balaban J connectivity index is 1.96. The van der Waals surface area contributed by atoms with Crippen LogP contribution in [0.5, 0.6) is 5.75 Å². The summed E-state index contributed by atoms with van der Waals surface area (Å²) in [5.41, 5.74) is 0.749. The fourth-order valence-electron chi connectivity index (χ4n) is 3.86. The highest BCUT2D eigenvalue weighted by molar-refractivity contribution is 6.13. The summed E-state index contributed by atoms with van der Waals surface area (Å²) in [6, 6.07) is 10.2. The molecule has 2 aromatic carbocycles. The van der Waals surface area contributed by atoms with E-state index in [1.807, 2.05) is 0 Å². The summed E-state index contributed by atoms with van der Waals surface area (Å²) in [5.74, 6) is -1.87. The van der Waals surface area contributed by atoms with E-state index in [0.29, 0.717) is 22.6 Å². The molecule has 34 heavy (non-hydrogen) atoms. The van der Waals surface area contributed by atoms with Gasteiger partial charge in [-0.2, -0.15) is 5.26 Å². The molecule has 2 heterocycles. The summed E-state index contributed by atoms with van der Waals surface area (Å²) in [7, 11) is 0. The van der Waals surface area contributed by atoms with Crippen molar-refractivity contribution in [3.05, 3.63) is 81.0 Å². The average molecular weight is 472 g/mol. The van der Waals surface area contributed by atoms with Gasteiger partial charge >= 0.3 is 6.36 Å². The highest BCUT2D eigenvalue weighted by Crippen LogP contribution is 2.41. The zero-order valence-electron chi connectivity index (χ0n) is 17.8. The quantitative estimate of drug-likeness (QED) is 0.561. The molecule has 1 N–H and O–H groups in total. The highest BCUT2D eigenvalue weighted by atomic mass is 19.4. The van der Waals surface area contributed by atoms with Crippen molar-refractivity contribution < 1.29 is 27.1 Å². The molecule has 3 aromatic rings. The molecule has 1 amide bonds. The number of alkyl halides is 3. The van der Waals surface area contributed by atoms with E-state index in [4.69, 9.17) is 0 Å². The van der Waals surface area contributed by atoms with Crippen LogP contribution in [-0.2, 0) is 0 Å². The number of halogens is 4. The number of nitriles is 1. The number of carbonyl (C=O) groups excluding carboxylic acids is 1. The topological polar surface area (TPSA) is 89.4 Å². The van der Waals surface area contributed by atoms with Gasteiger partial charge in [-0.05, 0) is 49.7 Å². The van der Waals surface area contributed by atoms with E-state index in [-0.39, 0.29) is 23.5 Å². The van der Waals surface area contributed by atoms with Crippen molar-refractivity contribution in [1.82, 2.24) is 4.98 Å². The van der Waals surface area contributed by atoms with Gasteiger partial charge in [-0.1, -0.05) is 0 Å². The van der Waals surface area contributed by atoms with Crippen molar-refractivity contribution in [2.75, 3.05) is 16.5 Å². The first-order chi connectivity index (χ1) is 16.0. The van der Waals surface area contributed by atoms with Gasteiger partial charge in [0.15, 0.2) is 0 Å². The molecule has 1 aliphatic heterocycles. The van der Waals surface area contributed by atoms with Gasteiger partial charge in [0.2, 0.25) is 5.56 Å². The molecule has 0 bridgehead atoms. The zero-order chi connectivity index (χ0) is 24.8. The number of benzene rings is 2. The number of nitrogens with zero attached hydrogens (tertiary/aromatic N) is 3. The van der Waals surface area contributed by atoms with Crippen LogP contribution in [0.25, 0.3) is 0 Å². The predicted octanol–water partition coefficient (Wildman–Crippen LogP) is 4.66. The molecular weight excluding hydrogens is 456 g/mol. The third-order valence-corrected chi connectivity index (χ3v) is 5.32. The first kappa shape index (κ1) is 22.8. The van der Waals surface area contributed by atoms with Crippen LogP contribution < -0.4 is 20.1 Å². The third kappa shape index (κ3) is 4.17. The summed E-state index contributed by atoms with van der Waals surface area (Å²) in [4.78, 5) is 30.5. The van der Waals surface area contributed by atoms with Gasteiger partial charge in [0.05, 0.1) is 22.5 Å². The first-order valence-corrected chi connectivity index (χ1v) is 9.88. The second-order valence-electron chi connectivity index (χ2n) is 7.59. The number of nitrogens with one attached hydrogen (secondary N) is 1. The smallest absolute Gasteiger partial charge is 0.404 e. The minimum Gasteiger partial charge on any atom is -0.404 e. The predicted molar refractivity (Wildman–Crippen MR) is 115 cm³/mol. The summed E-state index contributed by atoms with van der Waals surface area (Å²) < 4.78 is 56.7. The summed E-state index contributed by atoms with van der Waals surface area (Å²) in [5, 5.41) is 9.40. The second kappa shape index (κ2) is 8.22. The van der Waals surface area contributed by atoms with E-state index in [0.717, 1.165) is 12.1 Å². The number of rotatable bonds is 3. The van der Waals surface area contributed by atoms with Crippen LogP contribution in [0.3, 0.4) is 0 Å². The van der Waals surface area contributed by atoms with Crippen LogP contribution in [0.4, 0.5) is 34.6 Å². The van der Waals surface area contributed by atoms with Gasteiger partial charge in [0.25, 0.3) is 5.91 Å². The Morgan fingerprint density at radius 2 is 1.71 bits per heavy atom.